The van der Waals surface area contributed by atoms with Crippen LogP contribution in [0.4, 0.5) is 5.95 Å². The van der Waals surface area contributed by atoms with Crippen molar-refractivity contribution in [1.82, 2.24) is 30.0 Å². The van der Waals surface area contributed by atoms with Crippen LogP contribution in [0.1, 0.15) is 6.42 Å². The largest absolute Gasteiger partial charge is 0.379 e. The summed E-state index contributed by atoms with van der Waals surface area (Å²) in [7, 11) is 1.89. The lowest BCUT2D eigenvalue weighted by atomic mass is 10.2. The average Bonchev–Trinajstić information content (AvgIpc) is 3.28. The standard InChI is InChI=1S/C20H34N8O.HI/c1-21-19(28-7-3-18(17-28)26-13-15-29-16-14-26)24-6-8-25-9-11-27(12-10-25)20-22-4-2-5-23-20;/h2,4-5,18H,3,6-17H2,1H3,(H,21,24);1H. The Morgan fingerprint density at radius 2 is 1.83 bits per heavy atom. The number of nitrogens with zero attached hydrogens (tertiary/aromatic N) is 7. The second-order valence-corrected chi connectivity index (χ2v) is 7.89. The highest BCUT2D eigenvalue weighted by atomic mass is 127. The Bertz CT molecular complexity index is 649. The van der Waals surface area contributed by atoms with Crippen LogP contribution in [0.15, 0.2) is 23.5 Å². The number of piperazine rings is 1. The number of ether oxygens (including phenoxy) is 1. The van der Waals surface area contributed by atoms with Crippen molar-refractivity contribution in [3.63, 3.8) is 0 Å². The number of aromatic nitrogens is 2. The van der Waals surface area contributed by atoms with Crippen LogP contribution >= 0.6 is 24.0 Å². The maximum atomic E-state index is 5.49. The minimum Gasteiger partial charge on any atom is -0.379 e. The third-order valence-electron chi connectivity index (χ3n) is 6.16. The molecule has 1 aromatic heterocycles. The van der Waals surface area contributed by atoms with Gasteiger partial charge in [-0.2, -0.15) is 0 Å². The van der Waals surface area contributed by atoms with E-state index in [0.29, 0.717) is 6.04 Å². The first kappa shape index (κ1) is 23.4. The third kappa shape index (κ3) is 6.14. The van der Waals surface area contributed by atoms with Gasteiger partial charge in [0, 0.05) is 90.9 Å². The monoisotopic (exact) mass is 530 g/mol. The zero-order chi connectivity index (χ0) is 19.9. The van der Waals surface area contributed by atoms with Crippen LogP contribution in [0.2, 0.25) is 0 Å². The molecule has 4 rings (SSSR count). The highest BCUT2D eigenvalue weighted by Gasteiger charge is 2.30. The van der Waals surface area contributed by atoms with E-state index in [1.54, 1.807) is 0 Å². The molecule has 0 amide bonds. The van der Waals surface area contributed by atoms with Crippen molar-refractivity contribution in [2.45, 2.75) is 12.5 Å². The summed E-state index contributed by atoms with van der Waals surface area (Å²) in [5.74, 6) is 1.88. The van der Waals surface area contributed by atoms with Gasteiger partial charge in [-0.25, -0.2) is 9.97 Å². The molecule has 10 heteroatoms. The lowest BCUT2D eigenvalue weighted by Crippen LogP contribution is -2.50. The molecular formula is C20H35IN8O. The maximum Gasteiger partial charge on any atom is 0.225 e. The molecule has 30 heavy (non-hydrogen) atoms. The van der Waals surface area contributed by atoms with E-state index in [4.69, 9.17) is 4.74 Å². The number of guanidine groups is 1. The van der Waals surface area contributed by atoms with Crippen molar-refractivity contribution in [2.75, 3.05) is 90.6 Å². The fraction of sp³-hybridized carbons (Fsp3) is 0.750. The van der Waals surface area contributed by atoms with Gasteiger partial charge in [-0.15, -0.1) is 24.0 Å². The number of morpholine rings is 1. The molecule has 3 aliphatic rings. The summed E-state index contributed by atoms with van der Waals surface area (Å²) in [6.45, 7) is 12.0. The summed E-state index contributed by atoms with van der Waals surface area (Å²) >= 11 is 0. The molecule has 0 bridgehead atoms. The van der Waals surface area contributed by atoms with Gasteiger partial charge in [0.05, 0.1) is 13.2 Å². The molecule has 0 spiro atoms. The predicted octanol–water partition coefficient (Wildman–Crippen LogP) is 0.199. The molecule has 0 aliphatic carbocycles. The molecule has 1 atom stereocenters. The van der Waals surface area contributed by atoms with E-state index in [0.717, 1.165) is 90.6 Å². The molecule has 4 heterocycles. The maximum absolute atomic E-state index is 5.49. The van der Waals surface area contributed by atoms with Crippen molar-refractivity contribution in [2.24, 2.45) is 4.99 Å². The second kappa shape index (κ2) is 12.0. The fourth-order valence-corrected chi connectivity index (χ4v) is 4.46. The van der Waals surface area contributed by atoms with E-state index in [1.807, 2.05) is 25.5 Å². The van der Waals surface area contributed by atoms with E-state index in [1.165, 1.54) is 6.42 Å². The van der Waals surface area contributed by atoms with Gasteiger partial charge in [0.25, 0.3) is 0 Å². The summed E-state index contributed by atoms with van der Waals surface area (Å²) in [6, 6.07) is 2.49. The van der Waals surface area contributed by atoms with E-state index < -0.39 is 0 Å². The summed E-state index contributed by atoms with van der Waals surface area (Å²) in [5.41, 5.74) is 0. The Morgan fingerprint density at radius 1 is 1.10 bits per heavy atom. The Kier molecular flexibility index (Phi) is 9.34. The van der Waals surface area contributed by atoms with Gasteiger partial charge in [0.2, 0.25) is 5.95 Å². The average molecular weight is 530 g/mol. The van der Waals surface area contributed by atoms with Crippen LogP contribution in [0.3, 0.4) is 0 Å². The zero-order valence-electron chi connectivity index (χ0n) is 17.9. The molecule has 168 valence electrons. The topological polar surface area (TPSA) is 72.4 Å². The van der Waals surface area contributed by atoms with E-state index >= 15 is 0 Å². The van der Waals surface area contributed by atoms with Crippen molar-refractivity contribution in [3.8, 4) is 0 Å². The number of likely N-dealkylation sites (tertiary alicyclic amines) is 1. The smallest absolute Gasteiger partial charge is 0.225 e. The number of nitrogens with one attached hydrogen (secondary N) is 1. The number of aliphatic imine (C=N–C) groups is 1. The molecule has 3 fully saturated rings. The van der Waals surface area contributed by atoms with Crippen LogP contribution in [-0.4, -0.2) is 122 Å². The van der Waals surface area contributed by atoms with Crippen molar-refractivity contribution in [3.05, 3.63) is 18.5 Å². The van der Waals surface area contributed by atoms with E-state index in [-0.39, 0.29) is 24.0 Å². The molecule has 1 unspecified atom stereocenters. The second-order valence-electron chi connectivity index (χ2n) is 7.89. The first-order valence-electron chi connectivity index (χ1n) is 10.8. The minimum atomic E-state index is 0. The van der Waals surface area contributed by atoms with Crippen molar-refractivity contribution >= 4 is 35.9 Å². The van der Waals surface area contributed by atoms with Crippen LogP contribution in [0, 0.1) is 0 Å². The van der Waals surface area contributed by atoms with E-state index in [9.17, 15) is 0 Å². The molecule has 3 saturated heterocycles. The fourth-order valence-electron chi connectivity index (χ4n) is 4.46. The minimum absolute atomic E-state index is 0. The molecule has 0 radical (unpaired) electrons. The Labute approximate surface area is 196 Å². The molecule has 3 aliphatic heterocycles. The molecule has 0 saturated carbocycles. The molecule has 1 N–H and O–H groups in total. The molecule has 1 aromatic rings. The van der Waals surface area contributed by atoms with Gasteiger partial charge in [-0.3, -0.25) is 14.8 Å². The molecule has 9 nitrogen and oxygen atoms in total. The Hall–Kier alpha value is -1.24. The Balaban J connectivity index is 0.00000256. The van der Waals surface area contributed by atoms with Gasteiger partial charge in [-0.05, 0) is 12.5 Å². The number of halogens is 1. The summed E-state index contributed by atoms with van der Waals surface area (Å²) in [5, 5.41) is 3.58. The van der Waals surface area contributed by atoms with Gasteiger partial charge in [0.15, 0.2) is 5.96 Å². The third-order valence-corrected chi connectivity index (χ3v) is 6.16. The normalized spacial score (nSPS) is 24.0. The van der Waals surface area contributed by atoms with Crippen LogP contribution in [0.25, 0.3) is 0 Å². The Morgan fingerprint density at radius 3 is 2.53 bits per heavy atom. The van der Waals surface area contributed by atoms with Gasteiger partial charge >= 0.3 is 0 Å². The number of hydrogen-bond donors (Lipinski definition) is 1. The molecular weight excluding hydrogens is 495 g/mol. The van der Waals surface area contributed by atoms with Crippen molar-refractivity contribution < 1.29 is 4.74 Å². The van der Waals surface area contributed by atoms with Crippen LogP contribution < -0.4 is 10.2 Å². The number of hydrogen-bond acceptors (Lipinski definition) is 7. The summed E-state index contributed by atoms with van der Waals surface area (Å²) in [6.07, 6.45) is 4.84. The predicted molar refractivity (Wildman–Crippen MR) is 130 cm³/mol. The lowest BCUT2D eigenvalue weighted by Gasteiger charge is -2.35. The van der Waals surface area contributed by atoms with E-state index in [2.05, 4.69) is 39.9 Å². The highest BCUT2D eigenvalue weighted by molar-refractivity contribution is 14.0. The van der Waals surface area contributed by atoms with Crippen LogP contribution in [0.5, 0.6) is 0 Å². The van der Waals surface area contributed by atoms with Crippen LogP contribution in [-0.2, 0) is 4.74 Å². The number of anilines is 1. The first-order chi connectivity index (χ1) is 14.3. The van der Waals surface area contributed by atoms with Gasteiger partial charge in [-0.1, -0.05) is 0 Å². The quantitative estimate of drug-likeness (QED) is 0.329. The van der Waals surface area contributed by atoms with Crippen molar-refractivity contribution in [1.29, 1.82) is 0 Å². The summed E-state index contributed by atoms with van der Waals surface area (Å²) in [4.78, 5) is 23.0. The number of rotatable bonds is 5. The highest BCUT2D eigenvalue weighted by Crippen LogP contribution is 2.17. The first-order valence-corrected chi connectivity index (χ1v) is 10.8. The SMILES string of the molecule is CN=C(NCCN1CCN(c2ncccn2)CC1)N1CCC(N2CCOCC2)C1.I. The molecule has 0 aromatic carbocycles. The summed E-state index contributed by atoms with van der Waals surface area (Å²) < 4.78 is 5.49. The van der Waals surface area contributed by atoms with Gasteiger partial charge < -0.3 is 19.9 Å². The zero-order valence-corrected chi connectivity index (χ0v) is 20.3. The lowest BCUT2D eigenvalue weighted by molar-refractivity contribution is 0.0195. The van der Waals surface area contributed by atoms with Gasteiger partial charge in [0.1, 0.15) is 0 Å².